The van der Waals surface area contributed by atoms with Gasteiger partial charge in [0, 0.05) is 0 Å². The van der Waals surface area contributed by atoms with Gasteiger partial charge in [-0.2, -0.15) is 0 Å². The zero-order valence-electron chi connectivity index (χ0n) is 3.94. The van der Waals surface area contributed by atoms with Crippen molar-refractivity contribution in [1.82, 2.24) is 4.98 Å². The predicted octanol–water partition coefficient (Wildman–Crippen LogP) is 2.29. The summed E-state index contributed by atoms with van der Waals surface area (Å²) in [5, 5.41) is 0. The lowest BCUT2D eigenvalue weighted by Crippen LogP contribution is -1.80. The van der Waals surface area contributed by atoms with Crippen LogP contribution in [0.2, 0.25) is 0 Å². The van der Waals surface area contributed by atoms with Crippen molar-refractivity contribution in [3.63, 3.8) is 0 Å². The molecule has 0 saturated heterocycles. The fourth-order valence-corrected chi connectivity index (χ4v) is 1.78. The monoisotopic (exact) mass is 331 g/mol. The van der Waals surface area contributed by atoms with E-state index in [9.17, 15) is 0 Å². The quantitative estimate of drug-likeness (QED) is 0.525. The second-order valence-electron chi connectivity index (χ2n) is 1.28. The molecule has 0 aromatic carbocycles. The smallest absolute Gasteiger partial charge is 0.102 e. The molecule has 0 atom stereocenters. The van der Waals surface area contributed by atoms with E-state index < -0.39 is 0 Å². The second kappa shape index (κ2) is 2.95. The molecule has 0 bridgehead atoms. The van der Waals surface area contributed by atoms with Gasteiger partial charge in [0.1, 0.15) is 7.40 Å². The highest BCUT2D eigenvalue weighted by atomic mass is 127. The molecule has 1 aromatic heterocycles. The van der Waals surface area contributed by atoms with E-state index >= 15 is 0 Å². The van der Waals surface area contributed by atoms with E-state index in [2.05, 4.69) is 50.2 Å². The average molecular weight is 331 g/mol. The van der Waals surface area contributed by atoms with Crippen LogP contribution in [-0.2, 0) is 0 Å². The largest absolute Gasteiger partial charge is 0.236 e. The van der Waals surface area contributed by atoms with Crippen LogP contribution >= 0.6 is 45.2 Å². The van der Waals surface area contributed by atoms with Gasteiger partial charge in [-0.1, -0.05) is 6.07 Å². The van der Waals surface area contributed by atoms with Gasteiger partial charge < -0.3 is 0 Å². The summed E-state index contributed by atoms with van der Waals surface area (Å²) >= 11 is 4.38. The Morgan fingerprint density at radius 1 is 1.12 bits per heavy atom. The molecule has 0 amide bonds. The van der Waals surface area contributed by atoms with Crippen molar-refractivity contribution in [2.45, 2.75) is 0 Å². The Bertz CT molecular complexity index is 170. The van der Waals surface area contributed by atoms with Crippen LogP contribution in [0.1, 0.15) is 0 Å². The third kappa shape index (κ3) is 1.85. The minimum Gasteiger partial charge on any atom is -0.236 e. The molecule has 0 aliphatic carbocycles. The summed E-state index contributed by atoms with van der Waals surface area (Å²) in [5.41, 5.74) is 0. The summed E-state index contributed by atoms with van der Waals surface area (Å²) in [7, 11) is 0. The number of nitrogens with zero attached hydrogens (tertiary/aromatic N) is 1. The first-order valence-corrected chi connectivity index (χ1v) is 4.23. The standard InChI is InChI=1S/C5H3I2N/c6-4-2-1-3-5(7)8-4/h1-3H. The Labute approximate surface area is 75.2 Å². The molecular formula is C5H3I2N. The number of hydrogen-bond donors (Lipinski definition) is 0. The topological polar surface area (TPSA) is 12.9 Å². The Balaban J connectivity index is 3.08. The highest BCUT2D eigenvalue weighted by Gasteiger charge is 1.85. The van der Waals surface area contributed by atoms with Gasteiger partial charge in [0.05, 0.1) is 0 Å². The van der Waals surface area contributed by atoms with E-state index in [0.717, 1.165) is 7.40 Å². The van der Waals surface area contributed by atoms with Gasteiger partial charge in [0.25, 0.3) is 0 Å². The molecular weight excluding hydrogens is 328 g/mol. The molecule has 8 heavy (non-hydrogen) atoms. The summed E-state index contributed by atoms with van der Waals surface area (Å²) in [6.07, 6.45) is 0. The van der Waals surface area contributed by atoms with Crippen LogP contribution in [0.5, 0.6) is 0 Å². The van der Waals surface area contributed by atoms with Gasteiger partial charge in [0.15, 0.2) is 0 Å². The molecule has 0 aliphatic heterocycles. The first kappa shape index (κ1) is 6.73. The minimum absolute atomic E-state index is 1.05. The number of halogens is 2. The van der Waals surface area contributed by atoms with Crippen LogP contribution in [-0.4, -0.2) is 4.98 Å². The zero-order chi connectivity index (χ0) is 5.98. The van der Waals surface area contributed by atoms with Crippen LogP contribution in [0, 0.1) is 7.40 Å². The van der Waals surface area contributed by atoms with Crippen molar-refractivity contribution in [2.24, 2.45) is 0 Å². The van der Waals surface area contributed by atoms with Crippen LogP contribution in [0.15, 0.2) is 18.2 Å². The van der Waals surface area contributed by atoms with Gasteiger partial charge in [-0.3, -0.25) is 0 Å². The first-order valence-electron chi connectivity index (χ1n) is 2.07. The molecule has 1 nitrogen and oxygen atoms in total. The highest BCUT2D eigenvalue weighted by Crippen LogP contribution is 2.03. The van der Waals surface area contributed by atoms with Crippen molar-refractivity contribution < 1.29 is 0 Å². The van der Waals surface area contributed by atoms with Gasteiger partial charge in [-0.05, 0) is 57.3 Å². The maximum atomic E-state index is 4.15. The molecule has 0 radical (unpaired) electrons. The van der Waals surface area contributed by atoms with Gasteiger partial charge >= 0.3 is 0 Å². The lowest BCUT2D eigenvalue weighted by Gasteiger charge is -1.86. The van der Waals surface area contributed by atoms with E-state index in [0.29, 0.717) is 0 Å². The van der Waals surface area contributed by atoms with Crippen molar-refractivity contribution in [1.29, 1.82) is 0 Å². The molecule has 3 heteroatoms. The predicted molar refractivity (Wildman–Crippen MR) is 49.7 cm³/mol. The molecule has 0 aliphatic rings. The van der Waals surface area contributed by atoms with E-state index in [1.54, 1.807) is 0 Å². The van der Waals surface area contributed by atoms with E-state index in [4.69, 9.17) is 0 Å². The number of aromatic nitrogens is 1. The Kier molecular flexibility index (Phi) is 2.48. The molecule has 42 valence electrons. The lowest BCUT2D eigenvalue weighted by molar-refractivity contribution is 1.22. The normalized spacial score (nSPS) is 9.25. The molecule has 0 N–H and O–H groups in total. The van der Waals surface area contributed by atoms with E-state index in [-0.39, 0.29) is 0 Å². The number of hydrogen-bond acceptors (Lipinski definition) is 1. The van der Waals surface area contributed by atoms with Crippen molar-refractivity contribution in [2.75, 3.05) is 0 Å². The minimum atomic E-state index is 1.05. The Morgan fingerprint density at radius 3 is 1.88 bits per heavy atom. The zero-order valence-corrected chi connectivity index (χ0v) is 8.25. The molecule has 1 heterocycles. The van der Waals surface area contributed by atoms with Crippen molar-refractivity contribution in [3.05, 3.63) is 25.6 Å². The summed E-state index contributed by atoms with van der Waals surface area (Å²) in [6, 6.07) is 5.95. The third-order valence-corrected chi connectivity index (χ3v) is 1.88. The fraction of sp³-hybridized carbons (Fsp3) is 0. The lowest BCUT2D eigenvalue weighted by atomic mass is 10.5. The molecule has 0 unspecified atom stereocenters. The average Bonchev–Trinajstić information content (AvgIpc) is 1.64. The molecule has 0 saturated carbocycles. The fourth-order valence-electron chi connectivity index (χ4n) is 0.383. The molecule has 0 fully saturated rings. The highest BCUT2D eigenvalue weighted by molar-refractivity contribution is 14.1. The van der Waals surface area contributed by atoms with Crippen LogP contribution in [0.4, 0.5) is 0 Å². The maximum Gasteiger partial charge on any atom is 0.102 e. The van der Waals surface area contributed by atoms with Crippen molar-refractivity contribution >= 4 is 45.2 Å². The van der Waals surface area contributed by atoms with Crippen LogP contribution in [0.25, 0.3) is 0 Å². The van der Waals surface area contributed by atoms with Gasteiger partial charge in [0.2, 0.25) is 0 Å². The molecule has 1 aromatic rings. The van der Waals surface area contributed by atoms with Crippen LogP contribution < -0.4 is 0 Å². The summed E-state index contributed by atoms with van der Waals surface area (Å²) in [4.78, 5) is 4.15. The van der Waals surface area contributed by atoms with Gasteiger partial charge in [-0.15, -0.1) is 0 Å². The van der Waals surface area contributed by atoms with Crippen molar-refractivity contribution in [3.8, 4) is 0 Å². The van der Waals surface area contributed by atoms with E-state index in [1.165, 1.54) is 0 Å². The number of pyridine rings is 1. The summed E-state index contributed by atoms with van der Waals surface area (Å²) in [6.45, 7) is 0. The SMILES string of the molecule is Ic1cccc(I)n1. The third-order valence-electron chi connectivity index (χ3n) is 0.681. The van der Waals surface area contributed by atoms with E-state index in [1.807, 2.05) is 18.2 Å². The Hall–Kier alpha value is 0.610. The first-order chi connectivity index (χ1) is 3.79. The molecule has 1 rings (SSSR count). The Morgan fingerprint density at radius 2 is 1.62 bits per heavy atom. The maximum absolute atomic E-state index is 4.15. The van der Waals surface area contributed by atoms with Gasteiger partial charge in [-0.25, -0.2) is 4.98 Å². The summed E-state index contributed by atoms with van der Waals surface area (Å²) in [5.74, 6) is 0. The summed E-state index contributed by atoms with van der Waals surface area (Å²) < 4.78 is 2.10. The number of rotatable bonds is 0. The van der Waals surface area contributed by atoms with Crippen LogP contribution in [0.3, 0.4) is 0 Å². The second-order valence-corrected chi connectivity index (χ2v) is 3.49. The molecule has 0 spiro atoms.